The summed E-state index contributed by atoms with van der Waals surface area (Å²) in [6.07, 6.45) is 9.26. The van der Waals surface area contributed by atoms with Crippen LogP contribution in [-0.4, -0.2) is 21.6 Å². The van der Waals surface area contributed by atoms with E-state index in [-0.39, 0.29) is 6.04 Å². The van der Waals surface area contributed by atoms with E-state index in [1.807, 2.05) is 6.07 Å². The van der Waals surface area contributed by atoms with Gasteiger partial charge in [-0.25, -0.2) is 0 Å². The smallest absolute Gasteiger partial charge is 0.137 e. The van der Waals surface area contributed by atoms with Gasteiger partial charge < -0.3 is 10.5 Å². The Bertz CT molecular complexity index is 489. The summed E-state index contributed by atoms with van der Waals surface area (Å²) in [4.78, 5) is 12.3. The minimum Gasteiger partial charge on any atom is -0.492 e. The van der Waals surface area contributed by atoms with Crippen molar-refractivity contribution in [1.29, 1.82) is 0 Å². The van der Waals surface area contributed by atoms with E-state index in [1.54, 1.807) is 31.0 Å². The Morgan fingerprint density at radius 2 is 2.11 bits per heavy atom. The Morgan fingerprint density at radius 1 is 1.22 bits per heavy atom. The number of hydrogen-bond acceptors (Lipinski definition) is 5. The second-order valence-electron chi connectivity index (χ2n) is 3.91. The lowest BCUT2D eigenvalue weighted by Crippen LogP contribution is -2.14. The van der Waals surface area contributed by atoms with Crippen LogP contribution in [0.5, 0.6) is 5.75 Å². The summed E-state index contributed by atoms with van der Waals surface area (Å²) in [5.41, 5.74) is 7.70. The number of pyridine rings is 1. The minimum atomic E-state index is -0.337. The van der Waals surface area contributed by atoms with Gasteiger partial charge in [-0.2, -0.15) is 0 Å². The zero-order valence-electron chi connectivity index (χ0n) is 10.3. The molecule has 5 nitrogen and oxygen atoms in total. The first-order valence-corrected chi connectivity index (χ1v) is 5.90. The Kier molecular flexibility index (Phi) is 4.20. The van der Waals surface area contributed by atoms with Gasteiger partial charge in [-0.15, -0.1) is 0 Å². The molecule has 0 fully saturated rings. The Labute approximate surface area is 106 Å². The molecule has 0 aliphatic carbocycles. The third-order valence-corrected chi connectivity index (χ3v) is 2.47. The van der Waals surface area contributed by atoms with Crippen LogP contribution in [0.1, 0.15) is 30.6 Å². The molecule has 0 saturated heterocycles. The molecule has 0 aliphatic rings. The number of aromatic nitrogens is 3. The molecule has 1 atom stereocenters. The Balaban J connectivity index is 2.17. The lowest BCUT2D eigenvalue weighted by Gasteiger charge is -2.12. The van der Waals surface area contributed by atoms with Crippen molar-refractivity contribution in [3.8, 4) is 5.75 Å². The molecule has 0 bridgehead atoms. The van der Waals surface area contributed by atoms with Crippen molar-refractivity contribution in [2.24, 2.45) is 5.73 Å². The molecule has 0 saturated carbocycles. The fraction of sp³-hybridized carbons (Fsp3) is 0.308. The van der Waals surface area contributed by atoms with E-state index in [1.165, 1.54) is 0 Å². The molecule has 0 radical (unpaired) electrons. The normalized spacial score (nSPS) is 12.1. The molecule has 2 aromatic heterocycles. The topological polar surface area (TPSA) is 73.9 Å². The van der Waals surface area contributed by atoms with Crippen LogP contribution in [0, 0.1) is 0 Å². The van der Waals surface area contributed by atoms with Crippen LogP contribution >= 0.6 is 0 Å². The number of nitrogens with two attached hydrogens (primary N) is 1. The highest BCUT2D eigenvalue weighted by atomic mass is 16.5. The minimum absolute atomic E-state index is 0.337. The SMILES string of the molecule is CCCOc1cncc(C(N)c2cnccn2)c1. The molecule has 0 aromatic carbocycles. The van der Waals surface area contributed by atoms with Gasteiger partial charge in [0.1, 0.15) is 5.75 Å². The van der Waals surface area contributed by atoms with Gasteiger partial charge in [0.15, 0.2) is 0 Å². The Hall–Kier alpha value is -2.01. The van der Waals surface area contributed by atoms with Crippen molar-refractivity contribution in [2.75, 3.05) is 6.61 Å². The van der Waals surface area contributed by atoms with Gasteiger partial charge in [0.2, 0.25) is 0 Å². The standard InChI is InChI=1S/C13H16N4O/c1-2-5-18-11-6-10(7-16-8-11)13(14)12-9-15-3-4-17-12/h3-4,6-9,13H,2,5,14H2,1H3. The van der Waals surface area contributed by atoms with Crippen molar-refractivity contribution in [1.82, 2.24) is 15.0 Å². The first-order valence-electron chi connectivity index (χ1n) is 5.90. The van der Waals surface area contributed by atoms with Crippen LogP contribution in [0.4, 0.5) is 0 Å². The summed E-state index contributed by atoms with van der Waals surface area (Å²) in [7, 11) is 0. The molecule has 18 heavy (non-hydrogen) atoms. The molecule has 0 spiro atoms. The molecular formula is C13H16N4O. The predicted molar refractivity (Wildman–Crippen MR) is 68.1 cm³/mol. The van der Waals surface area contributed by atoms with Crippen molar-refractivity contribution >= 4 is 0 Å². The lowest BCUT2D eigenvalue weighted by atomic mass is 10.1. The highest BCUT2D eigenvalue weighted by Gasteiger charge is 2.11. The highest BCUT2D eigenvalue weighted by molar-refractivity contribution is 5.30. The molecule has 2 heterocycles. The van der Waals surface area contributed by atoms with Crippen molar-refractivity contribution in [2.45, 2.75) is 19.4 Å². The number of ether oxygens (including phenoxy) is 1. The third-order valence-electron chi connectivity index (χ3n) is 2.47. The third kappa shape index (κ3) is 3.01. The maximum atomic E-state index is 6.12. The highest BCUT2D eigenvalue weighted by Crippen LogP contribution is 2.20. The van der Waals surface area contributed by atoms with Crippen LogP contribution in [0.2, 0.25) is 0 Å². The van der Waals surface area contributed by atoms with Crippen molar-refractivity contribution < 1.29 is 4.74 Å². The van der Waals surface area contributed by atoms with E-state index >= 15 is 0 Å². The summed E-state index contributed by atoms with van der Waals surface area (Å²) >= 11 is 0. The molecule has 2 aromatic rings. The van der Waals surface area contributed by atoms with Crippen LogP contribution in [0.25, 0.3) is 0 Å². The maximum absolute atomic E-state index is 6.12. The summed E-state index contributed by atoms with van der Waals surface area (Å²) in [5.74, 6) is 0.730. The molecule has 0 amide bonds. The van der Waals surface area contributed by atoms with Crippen LogP contribution in [0.15, 0.2) is 37.1 Å². The molecular weight excluding hydrogens is 228 g/mol. The monoisotopic (exact) mass is 244 g/mol. The molecule has 5 heteroatoms. The molecule has 2 N–H and O–H groups in total. The maximum Gasteiger partial charge on any atom is 0.137 e. The molecule has 0 aliphatic heterocycles. The fourth-order valence-electron chi connectivity index (χ4n) is 1.55. The van der Waals surface area contributed by atoms with Crippen molar-refractivity contribution in [3.63, 3.8) is 0 Å². The van der Waals surface area contributed by atoms with Gasteiger partial charge in [-0.1, -0.05) is 6.92 Å². The fourth-order valence-corrected chi connectivity index (χ4v) is 1.55. The molecule has 1 unspecified atom stereocenters. The van der Waals surface area contributed by atoms with Crippen LogP contribution in [0.3, 0.4) is 0 Å². The van der Waals surface area contributed by atoms with Gasteiger partial charge in [0.25, 0.3) is 0 Å². The largest absolute Gasteiger partial charge is 0.492 e. The zero-order chi connectivity index (χ0) is 12.8. The second-order valence-corrected chi connectivity index (χ2v) is 3.91. The van der Waals surface area contributed by atoms with E-state index in [0.717, 1.165) is 17.7 Å². The lowest BCUT2D eigenvalue weighted by molar-refractivity contribution is 0.315. The Morgan fingerprint density at radius 3 is 2.83 bits per heavy atom. The van der Waals surface area contributed by atoms with Crippen LogP contribution < -0.4 is 10.5 Å². The average molecular weight is 244 g/mol. The van der Waals surface area contributed by atoms with Crippen LogP contribution in [-0.2, 0) is 0 Å². The van der Waals surface area contributed by atoms with Gasteiger partial charge in [-0.05, 0) is 18.1 Å². The van der Waals surface area contributed by atoms with E-state index in [0.29, 0.717) is 12.3 Å². The van der Waals surface area contributed by atoms with Crippen molar-refractivity contribution in [3.05, 3.63) is 48.3 Å². The predicted octanol–water partition coefficient (Wildman–Crippen LogP) is 1.71. The summed E-state index contributed by atoms with van der Waals surface area (Å²) < 4.78 is 5.53. The number of hydrogen-bond donors (Lipinski definition) is 1. The van der Waals surface area contributed by atoms with Gasteiger partial charge >= 0.3 is 0 Å². The van der Waals surface area contributed by atoms with Gasteiger partial charge in [-0.3, -0.25) is 15.0 Å². The number of rotatable bonds is 5. The quantitative estimate of drug-likeness (QED) is 0.866. The number of nitrogens with zero attached hydrogens (tertiary/aromatic N) is 3. The first-order chi connectivity index (χ1) is 8.81. The van der Waals surface area contributed by atoms with E-state index in [2.05, 4.69) is 21.9 Å². The average Bonchev–Trinajstić information content (AvgIpc) is 2.45. The summed E-state index contributed by atoms with van der Waals surface area (Å²) in [6.45, 7) is 2.73. The second kappa shape index (κ2) is 6.07. The van der Waals surface area contributed by atoms with Gasteiger partial charge in [0, 0.05) is 18.6 Å². The van der Waals surface area contributed by atoms with E-state index < -0.39 is 0 Å². The molecule has 94 valence electrons. The molecule has 2 rings (SSSR count). The van der Waals surface area contributed by atoms with Gasteiger partial charge in [0.05, 0.1) is 30.7 Å². The summed E-state index contributed by atoms with van der Waals surface area (Å²) in [6, 6.07) is 1.55. The van der Waals surface area contributed by atoms with E-state index in [9.17, 15) is 0 Å². The summed E-state index contributed by atoms with van der Waals surface area (Å²) in [5, 5.41) is 0. The zero-order valence-corrected chi connectivity index (χ0v) is 10.3. The van der Waals surface area contributed by atoms with E-state index in [4.69, 9.17) is 10.5 Å². The first kappa shape index (κ1) is 12.4.